The molecule has 158 valence electrons. The Morgan fingerprint density at radius 1 is 1.21 bits per heavy atom. The summed E-state index contributed by atoms with van der Waals surface area (Å²) in [6.45, 7) is 6.91. The van der Waals surface area contributed by atoms with Crippen LogP contribution in [-0.4, -0.2) is 35.7 Å². The molecule has 29 heavy (non-hydrogen) atoms. The quantitative estimate of drug-likeness (QED) is 0.503. The molecule has 1 aliphatic heterocycles. The van der Waals surface area contributed by atoms with Gasteiger partial charge in [-0.2, -0.15) is 4.31 Å². The fourth-order valence-corrected chi connectivity index (χ4v) is 5.74. The molecule has 0 radical (unpaired) electrons. The molecule has 0 aliphatic carbocycles. The van der Waals surface area contributed by atoms with Crippen LogP contribution in [0.2, 0.25) is 0 Å². The molecule has 1 saturated heterocycles. The molecule has 0 bridgehead atoms. The largest absolute Gasteiger partial charge is 0.371 e. The summed E-state index contributed by atoms with van der Waals surface area (Å²) in [6.07, 6.45) is 2.62. The van der Waals surface area contributed by atoms with Crippen molar-refractivity contribution in [1.82, 2.24) is 9.29 Å². The molecule has 8 nitrogen and oxygen atoms in total. The number of aromatic nitrogens is 1. The Morgan fingerprint density at radius 3 is 2.48 bits per heavy atom. The molecule has 1 fully saturated rings. The second kappa shape index (κ2) is 8.76. The van der Waals surface area contributed by atoms with Crippen molar-refractivity contribution in [3.8, 4) is 0 Å². The van der Waals surface area contributed by atoms with E-state index in [1.54, 1.807) is 11.3 Å². The average molecular weight is 439 g/mol. The molecule has 2 heterocycles. The van der Waals surface area contributed by atoms with Gasteiger partial charge in [-0.1, -0.05) is 20.3 Å². The van der Waals surface area contributed by atoms with Crippen molar-refractivity contribution in [3.05, 3.63) is 44.4 Å². The number of sulfonamides is 1. The number of hydrogen-bond acceptors (Lipinski definition) is 7. The summed E-state index contributed by atoms with van der Waals surface area (Å²) < 4.78 is 27.1. The van der Waals surface area contributed by atoms with Crippen molar-refractivity contribution in [1.29, 1.82) is 0 Å². The van der Waals surface area contributed by atoms with Crippen molar-refractivity contribution in [2.75, 3.05) is 18.4 Å². The molecule has 3 rings (SSSR count). The van der Waals surface area contributed by atoms with Crippen molar-refractivity contribution >= 4 is 32.7 Å². The summed E-state index contributed by atoms with van der Waals surface area (Å²) >= 11 is 1.56. The van der Waals surface area contributed by atoms with Crippen LogP contribution in [0.4, 0.5) is 11.4 Å². The third-order valence-corrected chi connectivity index (χ3v) is 8.03. The molecule has 0 spiro atoms. The van der Waals surface area contributed by atoms with E-state index in [-0.39, 0.29) is 22.3 Å². The molecule has 10 heteroatoms. The van der Waals surface area contributed by atoms with E-state index in [1.807, 2.05) is 12.3 Å². The summed E-state index contributed by atoms with van der Waals surface area (Å²) in [5, 5.41) is 17.7. The fourth-order valence-electron chi connectivity index (χ4n) is 3.27. The fraction of sp³-hybridized carbons (Fsp3) is 0.526. The summed E-state index contributed by atoms with van der Waals surface area (Å²) in [5.41, 5.74) is 0.825. The van der Waals surface area contributed by atoms with Gasteiger partial charge >= 0.3 is 0 Å². The van der Waals surface area contributed by atoms with Gasteiger partial charge in [0, 0.05) is 30.5 Å². The minimum absolute atomic E-state index is 0.0416. The number of anilines is 1. The van der Waals surface area contributed by atoms with Gasteiger partial charge in [0.05, 0.1) is 26.6 Å². The molecular formula is C19H26N4O4S2. The van der Waals surface area contributed by atoms with Crippen molar-refractivity contribution in [2.24, 2.45) is 0 Å². The Labute approximate surface area is 175 Å². The molecule has 1 aliphatic rings. The van der Waals surface area contributed by atoms with E-state index < -0.39 is 14.9 Å². The first kappa shape index (κ1) is 21.7. The van der Waals surface area contributed by atoms with Gasteiger partial charge in [0.15, 0.2) is 0 Å². The average Bonchev–Trinajstić information content (AvgIpc) is 3.19. The van der Waals surface area contributed by atoms with Crippen LogP contribution < -0.4 is 5.32 Å². The molecule has 2 aromatic rings. The van der Waals surface area contributed by atoms with Crippen LogP contribution in [-0.2, 0) is 10.0 Å². The number of nitro benzene ring substituents is 1. The van der Waals surface area contributed by atoms with Crippen LogP contribution in [0, 0.1) is 10.1 Å². The van der Waals surface area contributed by atoms with Gasteiger partial charge in [0.1, 0.15) is 5.69 Å². The number of hydrogen-bond donors (Lipinski definition) is 1. The second-order valence-corrected chi connectivity index (χ2v) is 10.4. The minimum atomic E-state index is -3.73. The van der Waals surface area contributed by atoms with E-state index in [2.05, 4.69) is 24.1 Å². The van der Waals surface area contributed by atoms with Gasteiger partial charge in [-0.3, -0.25) is 10.1 Å². The van der Waals surface area contributed by atoms with Crippen LogP contribution in [0.5, 0.6) is 0 Å². The lowest BCUT2D eigenvalue weighted by atomic mass is 10.2. The number of nitrogens with one attached hydrogen (secondary N) is 1. The van der Waals surface area contributed by atoms with E-state index in [4.69, 9.17) is 0 Å². The third kappa shape index (κ3) is 4.76. The Bertz CT molecular complexity index is 982. The van der Waals surface area contributed by atoms with Crippen LogP contribution in [0.3, 0.4) is 0 Å². The molecule has 1 N–H and O–H groups in total. The Hall–Kier alpha value is -2.04. The Morgan fingerprint density at radius 2 is 1.90 bits per heavy atom. The summed E-state index contributed by atoms with van der Waals surface area (Å²) in [6, 6.07) is 3.81. The highest BCUT2D eigenvalue weighted by atomic mass is 32.2. The van der Waals surface area contributed by atoms with Crippen LogP contribution in [0.15, 0.2) is 28.5 Å². The summed E-state index contributed by atoms with van der Waals surface area (Å²) in [4.78, 5) is 15.6. The number of benzene rings is 1. The third-order valence-electron chi connectivity index (χ3n) is 4.97. The predicted octanol–water partition coefficient (Wildman–Crippen LogP) is 4.52. The van der Waals surface area contributed by atoms with Crippen LogP contribution >= 0.6 is 11.3 Å². The highest BCUT2D eigenvalue weighted by molar-refractivity contribution is 7.89. The molecule has 0 saturated carbocycles. The van der Waals surface area contributed by atoms with Crippen LogP contribution in [0.1, 0.15) is 62.7 Å². The summed E-state index contributed by atoms with van der Waals surface area (Å²) in [7, 11) is -3.73. The van der Waals surface area contributed by atoms with Crippen molar-refractivity contribution < 1.29 is 13.3 Å². The number of rotatable bonds is 7. The smallest absolute Gasteiger partial charge is 0.293 e. The molecule has 1 aromatic heterocycles. The highest BCUT2D eigenvalue weighted by Gasteiger charge is 2.29. The zero-order valence-corrected chi connectivity index (χ0v) is 18.4. The summed E-state index contributed by atoms with van der Waals surface area (Å²) in [5.74, 6) is 0.314. The lowest BCUT2D eigenvalue weighted by Crippen LogP contribution is -2.35. The lowest BCUT2D eigenvalue weighted by Gasteiger charge is -2.26. The van der Waals surface area contributed by atoms with E-state index in [1.165, 1.54) is 16.4 Å². The second-order valence-electron chi connectivity index (χ2n) is 7.53. The van der Waals surface area contributed by atoms with E-state index in [0.717, 1.165) is 36.0 Å². The zero-order valence-electron chi connectivity index (χ0n) is 16.8. The van der Waals surface area contributed by atoms with Gasteiger partial charge < -0.3 is 5.32 Å². The Kier molecular flexibility index (Phi) is 6.55. The normalized spacial score (nSPS) is 16.7. The highest BCUT2D eigenvalue weighted by Crippen LogP contribution is 2.33. The molecule has 0 amide bonds. The molecule has 1 atom stereocenters. The standard InChI is InChI=1S/C19H26N4O4S2/c1-13(2)19-21-17(12-28-19)14(3)20-16-8-7-15(11-18(16)23(24)25)29(26,27)22-9-5-4-6-10-22/h7-8,11-14,20H,4-6,9-10H2,1-3H3. The molecule has 1 aromatic carbocycles. The maximum Gasteiger partial charge on any atom is 0.293 e. The maximum absolute atomic E-state index is 12.9. The van der Waals surface area contributed by atoms with Gasteiger partial charge in [-0.25, -0.2) is 13.4 Å². The van der Waals surface area contributed by atoms with Gasteiger partial charge in [0.25, 0.3) is 5.69 Å². The monoisotopic (exact) mass is 438 g/mol. The molecule has 1 unspecified atom stereocenters. The maximum atomic E-state index is 12.9. The van der Waals surface area contributed by atoms with E-state index >= 15 is 0 Å². The first-order chi connectivity index (χ1) is 13.7. The minimum Gasteiger partial charge on any atom is -0.371 e. The number of thiazole rings is 1. The lowest BCUT2D eigenvalue weighted by molar-refractivity contribution is -0.384. The first-order valence-corrected chi connectivity index (χ1v) is 12.0. The topological polar surface area (TPSA) is 105 Å². The van der Waals surface area contributed by atoms with Gasteiger partial charge in [0.2, 0.25) is 10.0 Å². The number of nitro groups is 1. The van der Waals surface area contributed by atoms with Crippen molar-refractivity contribution in [2.45, 2.75) is 56.9 Å². The van der Waals surface area contributed by atoms with E-state index in [0.29, 0.717) is 19.0 Å². The SMILES string of the molecule is CC(C)c1nc(C(C)Nc2ccc(S(=O)(=O)N3CCCCC3)cc2[N+](=O)[O-])cs1. The van der Waals surface area contributed by atoms with Crippen LogP contribution in [0.25, 0.3) is 0 Å². The Balaban J connectivity index is 1.87. The predicted molar refractivity (Wildman–Crippen MR) is 114 cm³/mol. The van der Waals surface area contributed by atoms with Crippen molar-refractivity contribution in [3.63, 3.8) is 0 Å². The van der Waals surface area contributed by atoms with Gasteiger partial charge in [-0.15, -0.1) is 11.3 Å². The number of piperidine rings is 1. The van der Waals surface area contributed by atoms with Gasteiger partial charge in [-0.05, 0) is 31.9 Å². The molecular weight excluding hydrogens is 412 g/mol. The first-order valence-electron chi connectivity index (χ1n) is 9.70. The zero-order chi connectivity index (χ0) is 21.2. The number of nitrogens with zero attached hydrogens (tertiary/aromatic N) is 3. The van der Waals surface area contributed by atoms with E-state index in [9.17, 15) is 18.5 Å².